The summed E-state index contributed by atoms with van der Waals surface area (Å²) in [5.41, 5.74) is 0.115. The van der Waals surface area contributed by atoms with Crippen molar-refractivity contribution in [2.24, 2.45) is 46.3 Å². The van der Waals surface area contributed by atoms with E-state index in [2.05, 4.69) is 27.7 Å². The minimum atomic E-state index is -0.713. The molecule has 11 unspecified atom stereocenters. The molecule has 0 aliphatic heterocycles. The van der Waals surface area contributed by atoms with Crippen LogP contribution in [-0.2, 0) is 14.3 Å². The Kier molecular flexibility index (Phi) is 7.03. The Morgan fingerprint density at radius 1 is 1.12 bits per heavy atom. The van der Waals surface area contributed by atoms with Crippen LogP contribution in [0.15, 0.2) is 0 Å². The van der Waals surface area contributed by atoms with Gasteiger partial charge in [0.15, 0.2) is 0 Å². The number of aliphatic hydroxyl groups excluding tert-OH is 1. The van der Waals surface area contributed by atoms with Gasteiger partial charge in [-0.3, -0.25) is 4.79 Å². The number of carbonyl (C=O) groups is 1. The first kappa shape index (κ1) is 24.5. The number of aliphatic carboxylic acids is 1. The Morgan fingerprint density at radius 2 is 1.88 bits per heavy atom. The van der Waals surface area contributed by atoms with Crippen LogP contribution in [-0.4, -0.2) is 48.2 Å². The summed E-state index contributed by atoms with van der Waals surface area (Å²) in [7, 11) is 1.85. The highest BCUT2D eigenvalue weighted by molar-refractivity contribution is 5.66. The summed E-state index contributed by atoms with van der Waals surface area (Å²) in [5.74, 6) is 2.05. The molecule has 5 heteroatoms. The van der Waals surface area contributed by atoms with Gasteiger partial charge < -0.3 is 19.7 Å². The third kappa shape index (κ3) is 3.84. The van der Waals surface area contributed by atoms with E-state index in [0.29, 0.717) is 48.0 Å². The Hall–Kier alpha value is -0.650. The van der Waals surface area contributed by atoms with Gasteiger partial charge in [0, 0.05) is 20.1 Å². The molecule has 0 bridgehead atoms. The summed E-state index contributed by atoms with van der Waals surface area (Å²) in [4.78, 5) is 11.2. The van der Waals surface area contributed by atoms with E-state index in [1.807, 2.05) is 7.11 Å². The molecule has 0 aromatic rings. The molecule has 5 nitrogen and oxygen atoms in total. The molecule has 2 N–H and O–H groups in total. The molecule has 0 amide bonds. The van der Waals surface area contributed by atoms with Gasteiger partial charge in [0.05, 0.1) is 18.3 Å². The van der Waals surface area contributed by atoms with E-state index in [9.17, 15) is 15.0 Å². The van der Waals surface area contributed by atoms with Crippen LogP contribution in [0.3, 0.4) is 0 Å². The van der Waals surface area contributed by atoms with E-state index in [1.54, 1.807) is 0 Å². The van der Waals surface area contributed by atoms with E-state index in [1.165, 1.54) is 6.42 Å². The largest absolute Gasteiger partial charge is 0.481 e. The second-order valence-corrected chi connectivity index (χ2v) is 12.1. The van der Waals surface area contributed by atoms with Crippen molar-refractivity contribution in [2.75, 3.05) is 13.7 Å². The fourth-order valence-electron chi connectivity index (χ4n) is 9.25. The van der Waals surface area contributed by atoms with Gasteiger partial charge in [0.2, 0.25) is 0 Å². The molecule has 0 aromatic heterocycles. The molecule has 11 atom stereocenters. The fraction of sp³-hybridized carbons (Fsp3) is 0.963. The quantitative estimate of drug-likeness (QED) is 0.561. The van der Waals surface area contributed by atoms with Crippen LogP contribution in [0.1, 0.15) is 85.5 Å². The van der Waals surface area contributed by atoms with Crippen LogP contribution in [0.25, 0.3) is 0 Å². The van der Waals surface area contributed by atoms with Crippen LogP contribution in [0.2, 0.25) is 0 Å². The topological polar surface area (TPSA) is 76.0 Å². The van der Waals surface area contributed by atoms with Crippen LogP contribution in [0.4, 0.5) is 0 Å². The zero-order valence-corrected chi connectivity index (χ0v) is 20.9. The van der Waals surface area contributed by atoms with Gasteiger partial charge in [-0.1, -0.05) is 20.8 Å². The van der Waals surface area contributed by atoms with Gasteiger partial charge >= 0.3 is 5.97 Å². The summed E-state index contributed by atoms with van der Waals surface area (Å²) < 4.78 is 12.2. The van der Waals surface area contributed by atoms with Gasteiger partial charge in [-0.25, -0.2) is 0 Å². The van der Waals surface area contributed by atoms with Crippen LogP contribution in [0.5, 0.6) is 0 Å². The lowest BCUT2D eigenvalue weighted by molar-refractivity contribution is -0.217. The van der Waals surface area contributed by atoms with Crippen molar-refractivity contribution >= 4 is 5.97 Å². The van der Waals surface area contributed by atoms with E-state index >= 15 is 0 Å². The molecule has 4 rings (SSSR count). The minimum Gasteiger partial charge on any atom is -0.481 e. The molecule has 4 fully saturated rings. The zero-order valence-electron chi connectivity index (χ0n) is 20.9. The van der Waals surface area contributed by atoms with Crippen molar-refractivity contribution in [3.05, 3.63) is 0 Å². The smallest absolute Gasteiger partial charge is 0.303 e. The number of hydrogen-bond acceptors (Lipinski definition) is 4. The Morgan fingerprint density at radius 3 is 2.53 bits per heavy atom. The average Bonchev–Trinajstić information content (AvgIpc) is 3.11. The van der Waals surface area contributed by atoms with E-state index < -0.39 is 5.97 Å². The van der Waals surface area contributed by atoms with Crippen LogP contribution in [0, 0.1) is 46.3 Å². The van der Waals surface area contributed by atoms with Crippen molar-refractivity contribution < 1.29 is 24.5 Å². The number of rotatable bonds is 7. The highest BCUT2D eigenvalue weighted by atomic mass is 16.5. The first-order valence-electron chi connectivity index (χ1n) is 13.2. The van der Waals surface area contributed by atoms with Crippen LogP contribution < -0.4 is 0 Å². The second-order valence-electron chi connectivity index (χ2n) is 12.1. The zero-order chi connectivity index (χ0) is 23.3. The average molecular weight is 451 g/mol. The molecule has 184 valence electrons. The summed E-state index contributed by atoms with van der Waals surface area (Å²) >= 11 is 0. The summed E-state index contributed by atoms with van der Waals surface area (Å²) in [6, 6.07) is 0. The number of ether oxygens (including phenoxy) is 2. The monoisotopic (exact) mass is 450 g/mol. The predicted molar refractivity (Wildman–Crippen MR) is 124 cm³/mol. The number of hydrogen-bond donors (Lipinski definition) is 2. The van der Waals surface area contributed by atoms with Crippen molar-refractivity contribution in [1.82, 2.24) is 0 Å². The van der Waals surface area contributed by atoms with Crippen molar-refractivity contribution in [2.45, 2.75) is 104 Å². The lowest BCUT2D eigenvalue weighted by Crippen LogP contribution is -2.62. The maximum Gasteiger partial charge on any atom is 0.303 e. The van der Waals surface area contributed by atoms with Crippen molar-refractivity contribution in [3.8, 4) is 0 Å². The lowest BCUT2D eigenvalue weighted by Gasteiger charge is -2.64. The van der Waals surface area contributed by atoms with Gasteiger partial charge in [-0.05, 0) is 105 Å². The molecule has 0 spiro atoms. The molecular formula is C27H46O5. The van der Waals surface area contributed by atoms with Gasteiger partial charge in [0.25, 0.3) is 0 Å². The number of carboxylic acid groups (broad SMARTS) is 1. The standard InChI is InChI=1S/C27H46O5/c1-6-32-22-14-17-13-18(31-5)11-12-26(17,3)21-15-23(28)27(4)19(8-9-20(27)25(21)22)16(2)7-10-24(29)30/h16-23,25,28H,6-15H2,1-5H3,(H,29,30). The van der Waals surface area contributed by atoms with Crippen LogP contribution >= 0.6 is 0 Å². The van der Waals surface area contributed by atoms with E-state index in [4.69, 9.17) is 9.47 Å². The highest BCUT2D eigenvalue weighted by Crippen LogP contribution is 2.68. The summed E-state index contributed by atoms with van der Waals surface area (Å²) in [5, 5.41) is 20.9. The van der Waals surface area contributed by atoms with Gasteiger partial charge in [-0.2, -0.15) is 0 Å². The van der Waals surface area contributed by atoms with Crippen molar-refractivity contribution in [1.29, 1.82) is 0 Å². The minimum absolute atomic E-state index is 0.138. The second kappa shape index (κ2) is 9.19. The fourth-order valence-corrected chi connectivity index (χ4v) is 9.25. The third-order valence-electron chi connectivity index (χ3n) is 11.0. The third-order valence-corrected chi connectivity index (χ3v) is 11.0. The number of aliphatic hydroxyl groups is 1. The highest BCUT2D eigenvalue weighted by Gasteiger charge is 2.66. The molecule has 0 aromatic carbocycles. The molecule has 0 radical (unpaired) electrons. The first-order valence-corrected chi connectivity index (χ1v) is 13.2. The Labute approximate surface area is 194 Å². The Balaban J connectivity index is 1.63. The molecule has 4 aliphatic rings. The lowest BCUT2D eigenvalue weighted by atomic mass is 9.43. The van der Waals surface area contributed by atoms with Gasteiger partial charge in [0.1, 0.15) is 0 Å². The predicted octanol–water partition coefficient (Wildman–Crippen LogP) is 5.15. The number of methoxy groups -OCH3 is 1. The molecular weight excluding hydrogens is 404 g/mol. The van der Waals surface area contributed by atoms with E-state index in [0.717, 1.165) is 45.1 Å². The summed E-state index contributed by atoms with van der Waals surface area (Å²) in [6.07, 6.45) is 8.90. The summed E-state index contributed by atoms with van der Waals surface area (Å²) in [6.45, 7) is 9.90. The molecule has 0 heterocycles. The first-order chi connectivity index (χ1) is 15.2. The van der Waals surface area contributed by atoms with Gasteiger partial charge in [-0.15, -0.1) is 0 Å². The van der Waals surface area contributed by atoms with E-state index in [-0.39, 0.29) is 29.5 Å². The molecule has 0 saturated heterocycles. The molecule has 4 saturated carbocycles. The Bertz CT molecular complexity index is 681. The maximum absolute atomic E-state index is 11.7. The number of fused-ring (bicyclic) bond motifs is 5. The SMILES string of the molecule is CCOC1CC2CC(OC)CCC2(C)C2CC(O)C3(C)C(C(C)CCC(=O)O)CCC3C12. The maximum atomic E-state index is 11.7. The number of carboxylic acids is 1. The normalized spacial score (nSPS) is 49.1. The molecule has 32 heavy (non-hydrogen) atoms. The van der Waals surface area contributed by atoms with Crippen molar-refractivity contribution in [3.63, 3.8) is 0 Å². The molecule has 4 aliphatic carbocycles.